The number of sulfonamides is 1. The molecule has 1 aliphatic carbocycles. The summed E-state index contributed by atoms with van der Waals surface area (Å²) in [4.78, 5) is 11.2. The lowest BCUT2D eigenvalue weighted by Gasteiger charge is -2.22. The van der Waals surface area contributed by atoms with Crippen molar-refractivity contribution >= 4 is 16.0 Å². The molecule has 0 amide bonds. The molecule has 2 aliphatic rings. The average molecular weight is 333 g/mol. The number of carbonyl (C=O) groups is 1. The minimum absolute atomic E-state index is 0.0232. The normalized spacial score (nSPS) is 29.0. The maximum absolute atomic E-state index is 12.4. The molecule has 0 aromatic heterocycles. The number of hydrogen-bond donors (Lipinski definition) is 1. The second-order valence-electron chi connectivity index (χ2n) is 7.07. The Morgan fingerprint density at radius 3 is 2.59 bits per heavy atom. The van der Waals surface area contributed by atoms with Crippen molar-refractivity contribution in [2.75, 3.05) is 25.4 Å². The zero-order valence-corrected chi connectivity index (χ0v) is 14.3. The monoisotopic (exact) mass is 333 g/mol. The Morgan fingerprint density at radius 1 is 1.41 bits per heavy atom. The van der Waals surface area contributed by atoms with Gasteiger partial charge in [0.2, 0.25) is 10.0 Å². The molecule has 0 radical (unpaired) electrons. The number of nitrogens with zero attached hydrogens (tertiary/aromatic N) is 1. The van der Waals surface area contributed by atoms with Crippen LogP contribution in [-0.2, 0) is 19.6 Å². The lowest BCUT2D eigenvalue weighted by Crippen LogP contribution is -2.37. The Kier molecular flexibility index (Phi) is 5.50. The molecular weight excluding hydrogens is 306 g/mol. The van der Waals surface area contributed by atoms with Gasteiger partial charge in [-0.05, 0) is 32.1 Å². The fourth-order valence-corrected chi connectivity index (χ4v) is 5.08. The van der Waals surface area contributed by atoms with Gasteiger partial charge in [0.05, 0.1) is 23.9 Å². The maximum Gasteiger partial charge on any atom is 0.310 e. The van der Waals surface area contributed by atoms with Crippen molar-refractivity contribution < 1.29 is 23.1 Å². The third-order valence-corrected chi connectivity index (χ3v) is 6.85. The predicted molar refractivity (Wildman–Crippen MR) is 83.1 cm³/mol. The molecule has 7 heteroatoms. The highest BCUT2D eigenvalue weighted by Gasteiger charge is 2.44. The summed E-state index contributed by atoms with van der Waals surface area (Å²) >= 11 is 0. The smallest absolute Gasteiger partial charge is 0.310 e. The van der Waals surface area contributed by atoms with Crippen molar-refractivity contribution in [3.63, 3.8) is 0 Å². The van der Waals surface area contributed by atoms with Gasteiger partial charge < -0.3 is 9.84 Å². The van der Waals surface area contributed by atoms with Gasteiger partial charge in [-0.2, -0.15) is 0 Å². The number of carboxylic acids is 1. The third-order valence-electron chi connectivity index (χ3n) is 4.76. The largest absolute Gasteiger partial charge is 0.481 e. The molecule has 1 aliphatic heterocycles. The Balaban J connectivity index is 1.84. The molecular formula is C15H27NO5S. The second-order valence-corrected chi connectivity index (χ2v) is 9.09. The van der Waals surface area contributed by atoms with E-state index in [0.29, 0.717) is 19.6 Å². The van der Waals surface area contributed by atoms with E-state index in [1.54, 1.807) is 6.92 Å². The summed E-state index contributed by atoms with van der Waals surface area (Å²) in [6.07, 6.45) is 5.18. The van der Waals surface area contributed by atoms with Crippen LogP contribution in [-0.4, -0.2) is 55.4 Å². The van der Waals surface area contributed by atoms with Crippen LogP contribution in [0.5, 0.6) is 0 Å². The predicted octanol–water partition coefficient (Wildman–Crippen LogP) is 1.71. The van der Waals surface area contributed by atoms with Gasteiger partial charge in [-0.25, -0.2) is 12.7 Å². The van der Waals surface area contributed by atoms with Gasteiger partial charge in [-0.15, -0.1) is 0 Å². The highest BCUT2D eigenvalue weighted by atomic mass is 32.2. The first-order valence-corrected chi connectivity index (χ1v) is 9.67. The van der Waals surface area contributed by atoms with E-state index in [1.165, 1.54) is 17.1 Å². The van der Waals surface area contributed by atoms with E-state index in [1.807, 2.05) is 6.92 Å². The highest BCUT2D eigenvalue weighted by molar-refractivity contribution is 7.89. The number of ether oxygens (including phenoxy) is 1. The number of hydrogen-bond acceptors (Lipinski definition) is 4. The molecule has 2 fully saturated rings. The van der Waals surface area contributed by atoms with Gasteiger partial charge in [0.15, 0.2) is 0 Å². The standard InChI is InChI=1S/C15H27NO5S/c1-12(9-21-13-5-3-4-6-13)10-22(19,20)16-8-7-15(2,11-16)14(17)18/h12-13H,3-11H2,1-2H3,(H,17,18). The lowest BCUT2D eigenvalue weighted by atomic mass is 9.90. The zero-order chi connectivity index (χ0) is 16.4. The van der Waals surface area contributed by atoms with Crippen LogP contribution in [0.2, 0.25) is 0 Å². The van der Waals surface area contributed by atoms with Crippen LogP contribution < -0.4 is 0 Å². The van der Waals surface area contributed by atoms with E-state index >= 15 is 0 Å². The second kappa shape index (κ2) is 6.84. The summed E-state index contributed by atoms with van der Waals surface area (Å²) in [5.74, 6) is -0.986. The van der Waals surface area contributed by atoms with Crippen LogP contribution in [0.1, 0.15) is 46.0 Å². The van der Waals surface area contributed by atoms with Crippen molar-refractivity contribution in [2.45, 2.75) is 52.1 Å². The van der Waals surface area contributed by atoms with Crippen molar-refractivity contribution in [1.29, 1.82) is 0 Å². The van der Waals surface area contributed by atoms with Gasteiger partial charge in [0, 0.05) is 13.1 Å². The summed E-state index contributed by atoms with van der Waals surface area (Å²) in [6.45, 7) is 4.30. The van der Waals surface area contributed by atoms with Crippen molar-refractivity contribution in [1.82, 2.24) is 4.31 Å². The molecule has 2 unspecified atom stereocenters. The highest BCUT2D eigenvalue weighted by Crippen LogP contribution is 2.32. The molecule has 22 heavy (non-hydrogen) atoms. The molecule has 2 rings (SSSR count). The summed E-state index contributed by atoms with van der Waals surface area (Å²) in [5, 5.41) is 9.20. The molecule has 6 nitrogen and oxygen atoms in total. The Hall–Kier alpha value is -0.660. The van der Waals surface area contributed by atoms with E-state index in [2.05, 4.69) is 0 Å². The van der Waals surface area contributed by atoms with Gasteiger partial charge in [-0.1, -0.05) is 19.8 Å². The lowest BCUT2D eigenvalue weighted by molar-refractivity contribution is -0.146. The molecule has 2 atom stereocenters. The molecule has 0 aromatic rings. The van der Waals surface area contributed by atoms with Crippen LogP contribution in [0.25, 0.3) is 0 Å². The minimum Gasteiger partial charge on any atom is -0.481 e. The summed E-state index contributed by atoms with van der Waals surface area (Å²) in [5.41, 5.74) is -0.962. The molecule has 1 saturated heterocycles. The zero-order valence-electron chi connectivity index (χ0n) is 13.5. The first-order chi connectivity index (χ1) is 10.2. The van der Waals surface area contributed by atoms with Crippen LogP contribution >= 0.6 is 0 Å². The quantitative estimate of drug-likeness (QED) is 0.767. The molecule has 1 saturated carbocycles. The Bertz CT molecular complexity index is 500. The SMILES string of the molecule is CC(COC1CCCC1)CS(=O)(=O)N1CCC(C)(C(=O)O)C1. The van der Waals surface area contributed by atoms with Gasteiger partial charge in [-0.3, -0.25) is 4.79 Å². The van der Waals surface area contributed by atoms with E-state index in [-0.39, 0.29) is 24.3 Å². The van der Waals surface area contributed by atoms with Crippen LogP contribution in [0.15, 0.2) is 0 Å². The molecule has 1 heterocycles. The topological polar surface area (TPSA) is 83.9 Å². The van der Waals surface area contributed by atoms with Crippen molar-refractivity contribution in [3.05, 3.63) is 0 Å². The van der Waals surface area contributed by atoms with E-state index in [4.69, 9.17) is 4.74 Å². The van der Waals surface area contributed by atoms with E-state index in [0.717, 1.165) is 12.8 Å². The minimum atomic E-state index is -3.42. The Labute approximate surface area is 132 Å². The van der Waals surface area contributed by atoms with Crippen LogP contribution in [0.4, 0.5) is 0 Å². The number of carboxylic acid groups (broad SMARTS) is 1. The summed E-state index contributed by atoms with van der Waals surface area (Å²) in [6, 6.07) is 0. The Morgan fingerprint density at radius 2 is 2.05 bits per heavy atom. The fourth-order valence-electron chi connectivity index (χ4n) is 3.20. The maximum atomic E-state index is 12.4. The van der Waals surface area contributed by atoms with Crippen LogP contribution in [0, 0.1) is 11.3 Å². The molecule has 0 spiro atoms. The first kappa shape index (κ1) is 17.7. The van der Waals surface area contributed by atoms with Gasteiger partial charge in [0.25, 0.3) is 0 Å². The number of aliphatic carboxylic acids is 1. The molecule has 128 valence electrons. The summed E-state index contributed by atoms with van der Waals surface area (Å²) < 4.78 is 32.0. The van der Waals surface area contributed by atoms with E-state index in [9.17, 15) is 18.3 Å². The van der Waals surface area contributed by atoms with Crippen molar-refractivity contribution in [3.8, 4) is 0 Å². The molecule has 0 aromatic carbocycles. The first-order valence-electron chi connectivity index (χ1n) is 8.06. The third kappa shape index (κ3) is 4.20. The number of rotatable bonds is 7. The molecule has 1 N–H and O–H groups in total. The van der Waals surface area contributed by atoms with Crippen LogP contribution in [0.3, 0.4) is 0 Å². The van der Waals surface area contributed by atoms with Gasteiger partial charge in [0.1, 0.15) is 0 Å². The van der Waals surface area contributed by atoms with Crippen molar-refractivity contribution in [2.24, 2.45) is 11.3 Å². The van der Waals surface area contributed by atoms with E-state index < -0.39 is 21.4 Å². The average Bonchev–Trinajstić information content (AvgIpc) is 3.06. The van der Waals surface area contributed by atoms with Gasteiger partial charge >= 0.3 is 5.97 Å². The fraction of sp³-hybridized carbons (Fsp3) is 0.933. The summed E-state index contributed by atoms with van der Waals surface area (Å²) in [7, 11) is -3.42. The molecule has 0 bridgehead atoms.